The molecule has 0 heterocycles. The predicted molar refractivity (Wildman–Crippen MR) is 88.9 cm³/mol. The molecule has 2 saturated carbocycles. The van der Waals surface area contributed by atoms with Crippen LogP contribution in [0.4, 0.5) is 0 Å². The van der Waals surface area contributed by atoms with Crippen LogP contribution in [0.5, 0.6) is 0 Å². The van der Waals surface area contributed by atoms with Crippen LogP contribution in [0.2, 0.25) is 0 Å². The molecule has 2 rings (SSSR count). The lowest BCUT2D eigenvalue weighted by molar-refractivity contribution is 0.262. The van der Waals surface area contributed by atoms with Gasteiger partial charge in [-0.3, -0.25) is 0 Å². The van der Waals surface area contributed by atoms with Crippen molar-refractivity contribution in [2.24, 2.45) is 17.8 Å². The molecule has 0 aromatic heterocycles. The Morgan fingerprint density at radius 2 is 1.47 bits per heavy atom. The Bertz CT molecular complexity index is 226. The first kappa shape index (κ1) is 15.7. The van der Waals surface area contributed by atoms with Gasteiger partial charge in [-0.25, -0.2) is 0 Å². The van der Waals surface area contributed by atoms with Gasteiger partial charge in [-0.1, -0.05) is 58.3 Å². The molecule has 2 aliphatic carbocycles. The summed E-state index contributed by atoms with van der Waals surface area (Å²) in [5.41, 5.74) is 0. The Kier molecular flexibility index (Phi) is 7.71. The molecule has 1 heteroatoms. The first-order chi connectivity index (χ1) is 9.42. The van der Waals surface area contributed by atoms with E-state index in [9.17, 15) is 0 Å². The van der Waals surface area contributed by atoms with Gasteiger partial charge in [0.1, 0.15) is 0 Å². The summed E-state index contributed by atoms with van der Waals surface area (Å²) in [6.45, 7) is 2.29. The van der Waals surface area contributed by atoms with Crippen molar-refractivity contribution in [2.75, 3.05) is 11.5 Å². The molecule has 0 amide bonds. The highest BCUT2D eigenvalue weighted by atomic mass is 32.2. The fourth-order valence-electron chi connectivity index (χ4n) is 3.66. The Labute approximate surface area is 125 Å². The van der Waals surface area contributed by atoms with Crippen molar-refractivity contribution in [2.45, 2.75) is 84.0 Å². The number of fused-ring (bicyclic) bond motifs is 1. The maximum Gasteiger partial charge on any atom is -0.00675 e. The molecule has 0 aliphatic heterocycles. The van der Waals surface area contributed by atoms with Crippen LogP contribution < -0.4 is 0 Å². The number of rotatable bonds is 13. The molecule has 0 spiro atoms. The topological polar surface area (TPSA) is 0 Å². The van der Waals surface area contributed by atoms with Crippen LogP contribution in [0.25, 0.3) is 0 Å². The van der Waals surface area contributed by atoms with Gasteiger partial charge in [0.15, 0.2) is 0 Å². The lowest BCUT2D eigenvalue weighted by Crippen LogP contribution is -2.15. The van der Waals surface area contributed by atoms with E-state index >= 15 is 0 Å². The summed E-state index contributed by atoms with van der Waals surface area (Å²) >= 11 is 2.17. The van der Waals surface area contributed by atoms with Crippen molar-refractivity contribution in [3.8, 4) is 0 Å². The third-order valence-electron chi connectivity index (χ3n) is 5.19. The highest BCUT2D eigenvalue weighted by Gasteiger charge is 2.52. The highest BCUT2D eigenvalue weighted by molar-refractivity contribution is 7.99. The largest absolute Gasteiger partial charge is 0.162 e. The van der Waals surface area contributed by atoms with Crippen LogP contribution in [-0.2, 0) is 0 Å². The average molecular weight is 283 g/mol. The van der Waals surface area contributed by atoms with Gasteiger partial charge in [0.25, 0.3) is 0 Å². The SMILES string of the molecule is CCCCSCCCCCCCCCC1CC2CC12. The van der Waals surface area contributed by atoms with E-state index in [0.717, 1.165) is 0 Å². The van der Waals surface area contributed by atoms with Crippen LogP contribution in [0.3, 0.4) is 0 Å². The fraction of sp³-hybridized carbons (Fsp3) is 1.00. The third-order valence-corrected chi connectivity index (χ3v) is 6.35. The van der Waals surface area contributed by atoms with Gasteiger partial charge in [0.05, 0.1) is 0 Å². The van der Waals surface area contributed by atoms with Gasteiger partial charge in [0.2, 0.25) is 0 Å². The second-order valence-corrected chi connectivity index (χ2v) is 8.11. The van der Waals surface area contributed by atoms with E-state index in [0.29, 0.717) is 0 Å². The standard InChI is InChI=1S/C18H34S/c1-2-3-12-19-13-10-8-6-4-5-7-9-11-16-14-17-15-18(16)17/h16-18H,2-15H2,1H3. The number of hydrogen-bond donors (Lipinski definition) is 0. The molecule has 0 N–H and O–H groups in total. The summed E-state index contributed by atoms with van der Waals surface area (Å²) < 4.78 is 0. The number of unbranched alkanes of at least 4 members (excludes halogenated alkanes) is 7. The molecule has 19 heavy (non-hydrogen) atoms. The molecular weight excluding hydrogens is 248 g/mol. The van der Waals surface area contributed by atoms with Crippen LogP contribution >= 0.6 is 11.8 Å². The lowest BCUT2D eigenvalue weighted by atomic mass is 9.81. The van der Waals surface area contributed by atoms with E-state index in [1.165, 1.54) is 87.0 Å². The van der Waals surface area contributed by atoms with E-state index in [1.54, 1.807) is 19.3 Å². The summed E-state index contributed by atoms with van der Waals surface area (Å²) in [5.74, 6) is 6.39. The molecule has 0 radical (unpaired) electrons. The molecule has 0 aromatic carbocycles. The molecule has 3 atom stereocenters. The van der Waals surface area contributed by atoms with Crippen LogP contribution in [0, 0.1) is 17.8 Å². The van der Waals surface area contributed by atoms with Crippen molar-refractivity contribution >= 4 is 11.8 Å². The number of thioether (sulfide) groups is 1. The minimum absolute atomic E-state index is 1.17. The maximum absolute atomic E-state index is 2.29. The second-order valence-electron chi connectivity index (χ2n) is 6.88. The minimum atomic E-state index is 1.17. The molecule has 0 saturated heterocycles. The van der Waals surface area contributed by atoms with Crippen molar-refractivity contribution < 1.29 is 0 Å². The van der Waals surface area contributed by atoms with Crippen LogP contribution in [-0.4, -0.2) is 11.5 Å². The summed E-state index contributed by atoms with van der Waals surface area (Å²) in [7, 11) is 0. The molecule has 0 aromatic rings. The molecule has 2 fully saturated rings. The smallest absolute Gasteiger partial charge is 0.00675 e. The van der Waals surface area contributed by atoms with Gasteiger partial charge in [-0.2, -0.15) is 11.8 Å². The molecule has 112 valence electrons. The van der Waals surface area contributed by atoms with Gasteiger partial charge in [-0.15, -0.1) is 0 Å². The Morgan fingerprint density at radius 3 is 2.11 bits per heavy atom. The second kappa shape index (κ2) is 9.32. The first-order valence-corrected chi connectivity index (χ1v) is 10.1. The highest BCUT2D eigenvalue weighted by Crippen LogP contribution is 2.61. The Balaban J connectivity index is 1.22. The van der Waals surface area contributed by atoms with Gasteiger partial charge < -0.3 is 0 Å². The van der Waals surface area contributed by atoms with Gasteiger partial charge in [0, 0.05) is 0 Å². The van der Waals surface area contributed by atoms with E-state index < -0.39 is 0 Å². The van der Waals surface area contributed by atoms with E-state index in [1.807, 2.05) is 0 Å². The minimum Gasteiger partial charge on any atom is -0.162 e. The Morgan fingerprint density at radius 1 is 0.789 bits per heavy atom. The summed E-state index contributed by atoms with van der Waals surface area (Å²) in [4.78, 5) is 0. The predicted octanol–water partition coefficient (Wildman–Crippen LogP) is 6.30. The van der Waals surface area contributed by atoms with Crippen LogP contribution in [0.15, 0.2) is 0 Å². The average Bonchev–Trinajstić information content (AvgIpc) is 3.06. The molecule has 0 nitrogen and oxygen atoms in total. The maximum atomic E-state index is 2.29. The van der Waals surface area contributed by atoms with Gasteiger partial charge in [-0.05, 0) is 54.9 Å². The molecule has 0 bridgehead atoms. The molecule has 3 unspecified atom stereocenters. The summed E-state index contributed by atoms with van der Waals surface area (Å²) in [5, 5.41) is 0. The van der Waals surface area contributed by atoms with Crippen molar-refractivity contribution in [3.63, 3.8) is 0 Å². The molecular formula is C18H34S. The summed E-state index contributed by atoms with van der Waals surface area (Å²) in [6.07, 6.45) is 18.0. The van der Waals surface area contributed by atoms with E-state index in [2.05, 4.69) is 18.7 Å². The zero-order valence-electron chi connectivity index (χ0n) is 13.0. The van der Waals surface area contributed by atoms with E-state index in [-0.39, 0.29) is 0 Å². The first-order valence-electron chi connectivity index (χ1n) is 8.99. The normalized spacial score (nSPS) is 27.9. The van der Waals surface area contributed by atoms with Crippen molar-refractivity contribution in [1.82, 2.24) is 0 Å². The number of hydrogen-bond acceptors (Lipinski definition) is 1. The Hall–Kier alpha value is 0.350. The monoisotopic (exact) mass is 282 g/mol. The molecule has 2 aliphatic rings. The van der Waals surface area contributed by atoms with Crippen LogP contribution in [0.1, 0.15) is 84.0 Å². The zero-order chi connectivity index (χ0) is 13.3. The van der Waals surface area contributed by atoms with Crippen molar-refractivity contribution in [1.29, 1.82) is 0 Å². The summed E-state index contributed by atoms with van der Waals surface area (Å²) in [6, 6.07) is 0. The zero-order valence-corrected chi connectivity index (χ0v) is 13.9. The van der Waals surface area contributed by atoms with E-state index in [4.69, 9.17) is 0 Å². The lowest BCUT2D eigenvalue weighted by Gasteiger charge is -2.24. The fourth-order valence-corrected chi connectivity index (χ4v) is 4.77. The third kappa shape index (κ3) is 6.10. The quantitative estimate of drug-likeness (QED) is 0.357. The van der Waals surface area contributed by atoms with Gasteiger partial charge >= 0.3 is 0 Å². The van der Waals surface area contributed by atoms with Crippen molar-refractivity contribution in [3.05, 3.63) is 0 Å².